The molecule has 0 fully saturated rings. The van der Waals surface area contributed by atoms with Crippen molar-refractivity contribution in [3.05, 3.63) is 24.3 Å². The summed E-state index contributed by atoms with van der Waals surface area (Å²) in [6.07, 6.45) is 43.8. The molecule has 0 heterocycles. The maximum Gasteiger partial charge on any atom is 0.373 e. The highest BCUT2D eigenvalue weighted by molar-refractivity contribution is 5.69. The fourth-order valence-electron chi connectivity index (χ4n) is 5.56. The van der Waals surface area contributed by atoms with Crippen LogP contribution in [-0.2, 0) is 28.7 Å². The Morgan fingerprint density at radius 3 is 1.21 bits per heavy atom. The van der Waals surface area contributed by atoms with Gasteiger partial charge in [0.2, 0.25) is 0 Å². The van der Waals surface area contributed by atoms with Crippen LogP contribution < -0.4 is 0 Å². The van der Waals surface area contributed by atoms with Crippen molar-refractivity contribution in [2.75, 3.05) is 27.7 Å². The Labute approximate surface area is 296 Å². The summed E-state index contributed by atoms with van der Waals surface area (Å²) in [5, 5.41) is 0. The lowest BCUT2D eigenvalue weighted by atomic mass is 10.0. The Hall–Kier alpha value is -2.33. The highest BCUT2D eigenvalue weighted by Crippen LogP contribution is 2.18. The Morgan fingerprint density at radius 1 is 0.521 bits per heavy atom. The van der Waals surface area contributed by atoms with Crippen molar-refractivity contribution in [3.63, 3.8) is 0 Å². The van der Waals surface area contributed by atoms with Gasteiger partial charge in [0.05, 0.1) is 34.1 Å². The first-order valence-electron chi connectivity index (χ1n) is 19.5. The molecule has 0 aliphatic carbocycles. The number of nitrogens with zero attached hydrogens (tertiary/aromatic N) is 1. The highest BCUT2D eigenvalue weighted by Gasteiger charge is 2.16. The normalized spacial score (nSPS) is 11.7. The summed E-state index contributed by atoms with van der Waals surface area (Å²) in [6, 6.07) is 0. The van der Waals surface area contributed by atoms with E-state index < -0.39 is 0 Å². The van der Waals surface area contributed by atoms with E-state index >= 15 is 0 Å². The van der Waals surface area contributed by atoms with E-state index in [1.54, 1.807) is 0 Å². The molecule has 1 unspecified atom stereocenters. The number of hydrogen-bond donors (Lipinski definition) is 0. The molecule has 0 aromatic heterocycles. The molecule has 7 heteroatoms. The summed E-state index contributed by atoms with van der Waals surface area (Å²) in [4.78, 5) is 45.1. The second-order valence-electron chi connectivity index (χ2n) is 14.1. The van der Waals surface area contributed by atoms with E-state index in [2.05, 4.69) is 59.3 Å². The van der Waals surface area contributed by atoms with Crippen molar-refractivity contribution in [1.29, 1.82) is 0 Å². The largest absolute Gasteiger partial charge is 0.462 e. The van der Waals surface area contributed by atoms with E-state index in [1.807, 2.05) is 0 Å². The predicted molar refractivity (Wildman–Crippen MR) is 197 cm³/mol. The molecule has 0 N–H and O–H groups in total. The SMILES string of the molecule is CCCCCC=CCCCCCCCCC(CCCCCCCCC=CCCCCCC)OC(=O)CCC[N+](C)(C)C.O=C=O.O=C=O. The number of carbonyl (C=O) groups excluding carboxylic acids is 5. The van der Waals surface area contributed by atoms with Gasteiger partial charge in [-0.05, 0) is 77.0 Å². The van der Waals surface area contributed by atoms with Gasteiger partial charge in [-0.2, -0.15) is 19.2 Å². The van der Waals surface area contributed by atoms with Crippen LogP contribution in [0.5, 0.6) is 0 Å². The summed E-state index contributed by atoms with van der Waals surface area (Å²) >= 11 is 0. The molecule has 0 aliphatic rings. The van der Waals surface area contributed by atoms with E-state index in [9.17, 15) is 4.79 Å². The second kappa shape index (κ2) is 42.7. The molecular formula is C41H76NO6+. The molecule has 0 radical (unpaired) electrons. The molecular weight excluding hydrogens is 602 g/mol. The number of rotatable bonds is 32. The minimum Gasteiger partial charge on any atom is -0.462 e. The molecule has 0 aliphatic heterocycles. The predicted octanol–water partition coefficient (Wildman–Crippen LogP) is 11.1. The Kier molecular flexibility index (Phi) is 44.5. The van der Waals surface area contributed by atoms with Gasteiger partial charge in [0.25, 0.3) is 0 Å². The van der Waals surface area contributed by atoms with Gasteiger partial charge in [-0.1, -0.05) is 122 Å². The summed E-state index contributed by atoms with van der Waals surface area (Å²) in [5.74, 6) is 0.0228. The Balaban J connectivity index is -0.00000311. The molecule has 0 aromatic carbocycles. The van der Waals surface area contributed by atoms with Crippen molar-refractivity contribution in [2.45, 2.75) is 193 Å². The molecule has 0 amide bonds. The Morgan fingerprint density at radius 2 is 0.833 bits per heavy atom. The zero-order chi connectivity index (χ0) is 36.4. The number of quaternary nitrogens is 1. The first-order valence-corrected chi connectivity index (χ1v) is 19.5. The molecule has 0 saturated heterocycles. The monoisotopic (exact) mass is 679 g/mol. The van der Waals surface area contributed by atoms with E-state index in [0.29, 0.717) is 6.42 Å². The van der Waals surface area contributed by atoms with Crippen LogP contribution >= 0.6 is 0 Å². The van der Waals surface area contributed by atoms with Crippen LogP contribution in [0, 0.1) is 0 Å². The topological polar surface area (TPSA) is 94.6 Å². The number of esters is 1. The van der Waals surface area contributed by atoms with Crippen LogP contribution in [0.1, 0.15) is 187 Å². The third kappa shape index (κ3) is 50.5. The molecule has 0 bridgehead atoms. The van der Waals surface area contributed by atoms with Gasteiger partial charge in [0.15, 0.2) is 0 Å². The van der Waals surface area contributed by atoms with Crippen molar-refractivity contribution < 1.29 is 33.2 Å². The zero-order valence-corrected chi connectivity index (χ0v) is 32.1. The summed E-state index contributed by atoms with van der Waals surface area (Å²) in [7, 11) is 6.56. The van der Waals surface area contributed by atoms with E-state index in [4.69, 9.17) is 23.9 Å². The molecule has 0 rings (SSSR count). The molecule has 0 aromatic rings. The molecule has 280 valence electrons. The fourth-order valence-corrected chi connectivity index (χ4v) is 5.56. The van der Waals surface area contributed by atoms with Gasteiger partial charge in [0, 0.05) is 6.42 Å². The first kappa shape index (κ1) is 50.1. The standard InChI is InChI=1S/C39H76NO2.2CO2/c1-6-8-10-12-14-16-18-20-22-24-26-28-30-32-35-38(42-39(41)36-33-37-40(3,4)5)34-31-29-27-25-23-21-19-17-15-13-11-9-7-2;2*2-1-3/h15-18,38H,6-14,19-37H2,1-5H3;;/q+1;;. The highest BCUT2D eigenvalue weighted by atomic mass is 16.5. The minimum absolute atomic E-state index is 0.0228. The van der Waals surface area contributed by atoms with Crippen LogP contribution in [0.4, 0.5) is 0 Å². The van der Waals surface area contributed by atoms with Crippen molar-refractivity contribution >= 4 is 18.3 Å². The fraction of sp³-hybridized carbons (Fsp3) is 0.829. The molecule has 48 heavy (non-hydrogen) atoms. The van der Waals surface area contributed by atoms with E-state index in [1.165, 1.54) is 148 Å². The van der Waals surface area contributed by atoms with Gasteiger partial charge >= 0.3 is 18.3 Å². The average Bonchev–Trinajstić information content (AvgIpc) is 3.03. The number of ether oxygens (including phenoxy) is 1. The average molecular weight is 679 g/mol. The third-order valence-electron chi connectivity index (χ3n) is 8.33. The zero-order valence-electron chi connectivity index (χ0n) is 32.1. The Bertz CT molecular complexity index is 777. The smallest absolute Gasteiger partial charge is 0.373 e. The molecule has 0 spiro atoms. The lowest BCUT2D eigenvalue weighted by molar-refractivity contribution is -0.870. The maximum absolute atomic E-state index is 12.6. The van der Waals surface area contributed by atoms with Crippen molar-refractivity contribution in [2.24, 2.45) is 0 Å². The van der Waals surface area contributed by atoms with Gasteiger partial charge in [-0.15, -0.1) is 0 Å². The quantitative estimate of drug-likeness (QED) is 0.0304. The van der Waals surface area contributed by atoms with Crippen LogP contribution in [0.15, 0.2) is 24.3 Å². The lowest BCUT2D eigenvalue weighted by Gasteiger charge is -2.24. The van der Waals surface area contributed by atoms with Crippen LogP contribution in [0.25, 0.3) is 0 Å². The molecule has 1 atom stereocenters. The number of unbranched alkanes of at least 4 members (excludes halogenated alkanes) is 19. The number of hydrogen-bond acceptors (Lipinski definition) is 6. The first-order chi connectivity index (χ1) is 23.2. The van der Waals surface area contributed by atoms with Crippen molar-refractivity contribution in [3.8, 4) is 0 Å². The lowest BCUT2D eigenvalue weighted by Crippen LogP contribution is -2.35. The van der Waals surface area contributed by atoms with E-state index in [-0.39, 0.29) is 24.4 Å². The summed E-state index contributed by atoms with van der Waals surface area (Å²) in [6.45, 7) is 5.56. The van der Waals surface area contributed by atoms with Crippen LogP contribution in [0.3, 0.4) is 0 Å². The molecule has 0 saturated carbocycles. The minimum atomic E-state index is 0.0228. The summed E-state index contributed by atoms with van der Waals surface area (Å²) in [5.41, 5.74) is 0. The number of carbonyl (C=O) groups is 1. The molecule has 7 nitrogen and oxygen atoms in total. The van der Waals surface area contributed by atoms with Gasteiger partial charge < -0.3 is 9.22 Å². The number of allylic oxidation sites excluding steroid dienone is 4. The van der Waals surface area contributed by atoms with Gasteiger partial charge in [0.1, 0.15) is 6.10 Å². The third-order valence-corrected chi connectivity index (χ3v) is 8.33. The second-order valence-corrected chi connectivity index (χ2v) is 14.1. The summed E-state index contributed by atoms with van der Waals surface area (Å²) < 4.78 is 6.93. The van der Waals surface area contributed by atoms with Gasteiger partial charge in [-0.3, -0.25) is 4.79 Å². The van der Waals surface area contributed by atoms with Crippen molar-refractivity contribution in [1.82, 2.24) is 0 Å². The van der Waals surface area contributed by atoms with Crippen LogP contribution in [0.2, 0.25) is 0 Å². The maximum atomic E-state index is 12.6. The van der Waals surface area contributed by atoms with E-state index in [0.717, 1.165) is 30.3 Å². The van der Waals surface area contributed by atoms with Gasteiger partial charge in [-0.25, -0.2) is 0 Å². The van der Waals surface area contributed by atoms with Crippen LogP contribution in [-0.4, -0.2) is 56.5 Å².